The van der Waals surface area contributed by atoms with E-state index in [1.807, 2.05) is 0 Å². The fourth-order valence-corrected chi connectivity index (χ4v) is 4.10. The van der Waals surface area contributed by atoms with Crippen molar-refractivity contribution < 1.29 is 12.8 Å². The van der Waals surface area contributed by atoms with Crippen molar-refractivity contribution in [3.8, 4) is 0 Å². The number of nitrogen functional groups attached to an aromatic ring is 1. The summed E-state index contributed by atoms with van der Waals surface area (Å²) >= 11 is 0. The third-order valence-corrected chi connectivity index (χ3v) is 5.56. The van der Waals surface area contributed by atoms with Crippen LogP contribution in [0.3, 0.4) is 0 Å². The van der Waals surface area contributed by atoms with Gasteiger partial charge in [0.05, 0.1) is 10.6 Å². The predicted octanol–water partition coefficient (Wildman–Crippen LogP) is 2.66. The van der Waals surface area contributed by atoms with E-state index in [2.05, 4.69) is 18.6 Å². The first-order valence-corrected chi connectivity index (χ1v) is 8.28. The van der Waals surface area contributed by atoms with Gasteiger partial charge in [-0.2, -0.15) is 0 Å². The first kappa shape index (κ1) is 15.3. The van der Waals surface area contributed by atoms with Crippen LogP contribution in [-0.2, 0) is 10.0 Å². The summed E-state index contributed by atoms with van der Waals surface area (Å²) < 4.78 is 40.8. The van der Waals surface area contributed by atoms with Crippen LogP contribution in [0.5, 0.6) is 0 Å². The number of nitrogens with two attached hydrogens (primary N) is 1. The lowest BCUT2D eigenvalue weighted by atomic mass is 9.74. The molecular weight excluding hydrogens is 279 g/mol. The van der Waals surface area contributed by atoms with E-state index in [1.54, 1.807) is 0 Å². The van der Waals surface area contributed by atoms with Gasteiger partial charge in [0.15, 0.2) is 0 Å². The fraction of sp³-hybridized carbons (Fsp3) is 0.571. The molecule has 0 bridgehead atoms. The third kappa shape index (κ3) is 3.12. The van der Waals surface area contributed by atoms with Crippen LogP contribution < -0.4 is 10.5 Å². The lowest BCUT2D eigenvalue weighted by Crippen LogP contribution is -2.46. The van der Waals surface area contributed by atoms with Crippen molar-refractivity contribution in [1.29, 1.82) is 0 Å². The summed E-state index contributed by atoms with van der Waals surface area (Å²) in [4.78, 5) is -0.0782. The predicted molar refractivity (Wildman–Crippen MR) is 77.2 cm³/mol. The van der Waals surface area contributed by atoms with Gasteiger partial charge in [-0.05, 0) is 36.5 Å². The molecule has 0 radical (unpaired) electrons. The van der Waals surface area contributed by atoms with Crippen molar-refractivity contribution in [3.63, 3.8) is 0 Å². The van der Waals surface area contributed by atoms with Crippen LogP contribution in [0, 0.1) is 11.2 Å². The Bertz CT molecular complexity index is 599. The molecule has 112 valence electrons. The van der Waals surface area contributed by atoms with E-state index in [1.165, 1.54) is 12.1 Å². The maximum Gasteiger partial charge on any atom is 0.240 e. The molecule has 1 aliphatic rings. The highest BCUT2D eigenvalue weighted by Gasteiger charge is 2.35. The monoisotopic (exact) mass is 300 g/mol. The molecule has 4 nitrogen and oxygen atoms in total. The van der Waals surface area contributed by atoms with Gasteiger partial charge in [-0.15, -0.1) is 0 Å². The average molecular weight is 300 g/mol. The van der Waals surface area contributed by atoms with Crippen LogP contribution >= 0.6 is 0 Å². The SMILES string of the molecule is CC1(C)CCCCC1NS(=O)(=O)c1ccc(N)c(F)c1. The standard InChI is InChI=1S/C14H21FN2O2S/c1-14(2)8-4-3-5-13(14)17-20(18,19)10-6-7-12(16)11(15)9-10/h6-7,9,13,17H,3-5,8,16H2,1-2H3. The van der Waals surface area contributed by atoms with E-state index >= 15 is 0 Å². The highest BCUT2D eigenvalue weighted by atomic mass is 32.2. The summed E-state index contributed by atoms with van der Waals surface area (Å²) in [6, 6.07) is 3.45. The van der Waals surface area contributed by atoms with Crippen LogP contribution in [0.25, 0.3) is 0 Å². The molecule has 0 amide bonds. The van der Waals surface area contributed by atoms with Crippen molar-refractivity contribution in [3.05, 3.63) is 24.0 Å². The zero-order chi connectivity index (χ0) is 15.0. The van der Waals surface area contributed by atoms with Crippen LogP contribution in [0.4, 0.5) is 10.1 Å². The molecule has 2 rings (SSSR count). The van der Waals surface area contributed by atoms with E-state index in [9.17, 15) is 12.8 Å². The molecule has 1 unspecified atom stereocenters. The molecule has 0 aromatic heterocycles. The van der Waals surface area contributed by atoms with Crippen molar-refractivity contribution in [1.82, 2.24) is 4.72 Å². The molecule has 1 aromatic carbocycles. The quantitative estimate of drug-likeness (QED) is 0.843. The molecule has 0 spiro atoms. The van der Waals surface area contributed by atoms with E-state index in [0.29, 0.717) is 0 Å². The summed E-state index contributed by atoms with van der Waals surface area (Å²) in [5.41, 5.74) is 5.23. The molecule has 3 N–H and O–H groups in total. The number of nitrogens with one attached hydrogen (secondary N) is 1. The minimum Gasteiger partial charge on any atom is -0.396 e. The van der Waals surface area contributed by atoms with Crippen molar-refractivity contribution >= 4 is 15.7 Å². The Labute approximate surface area is 119 Å². The third-order valence-electron chi connectivity index (χ3n) is 4.09. The largest absolute Gasteiger partial charge is 0.396 e. The second kappa shape index (κ2) is 5.33. The van der Waals surface area contributed by atoms with Crippen LogP contribution in [-0.4, -0.2) is 14.5 Å². The summed E-state index contributed by atoms with van der Waals surface area (Å²) in [5.74, 6) is -0.712. The minimum absolute atomic E-state index is 0.0538. The van der Waals surface area contributed by atoms with Crippen molar-refractivity contribution in [2.75, 3.05) is 5.73 Å². The Morgan fingerprint density at radius 3 is 2.65 bits per heavy atom. The molecule has 1 fully saturated rings. The van der Waals surface area contributed by atoms with Gasteiger partial charge in [-0.1, -0.05) is 26.7 Å². The lowest BCUT2D eigenvalue weighted by Gasteiger charge is -2.38. The minimum atomic E-state index is -3.72. The summed E-state index contributed by atoms with van der Waals surface area (Å²) in [7, 11) is -3.72. The maximum absolute atomic E-state index is 13.4. The number of sulfonamides is 1. The van der Waals surface area contributed by atoms with Gasteiger partial charge in [0, 0.05) is 6.04 Å². The van der Waals surface area contributed by atoms with Crippen LogP contribution in [0.1, 0.15) is 39.5 Å². The van der Waals surface area contributed by atoms with Crippen molar-refractivity contribution in [2.45, 2.75) is 50.5 Å². The Balaban J connectivity index is 2.24. The number of benzene rings is 1. The Morgan fingerprint density at radius 1 is 1.35 bits per heavy atom. The zero-order valence-electron chi connectivity index (χ0n) is 11.8. The normalized spacial score (nSPS) is 22.6. The topological polar surface area (TPSA) is 72.2 Å². The summed E-state index contributed by atoms with van der Waals surface area (Å²) in [6.07, 6.45) is 3.91. The average Bonchev–Trinajstić information content (AvgIpc) is 2.35. The van der Waals surface area contributed by atoms with Gasteiger partial charge in [0.1, 0.15) is 5.82 Å². The number of anilines is 1. The molecular formula is C14H21FN2O2S. The Kier molecular flexibility index (Phi) is 4.07. The first-order chi connectivity index (χ1) is 9.22. The second-order valence-electron chi connectivity index (χ2n) is 6.09. The van der Waals surface area contributed by atoms with Gasteiger partial charge in [0.2, 0.25) is 10.0 Å². The number of rotatable bonds is 3. The summed E-state index contributed by atoms with van der Waals surface area (Å²) in [5, 5.41) is 0. The highest BCUT2D eigenvalue weighted by Crippen LogP contribution is 2.36. The van der Waals surface area contributed by atoms with Crippen LogP contribution in [0.2, 0.25) is 0 Å². The van der Waals surface area contributed by atoms with Gasteiger partial charge >= 0.3 is 0 Å². The van der Waals surface area contributed by atoms with E-state index in [-0.39, 0.29) is 22.0 Å². The Morgan fingerprint density at radius 2 is 2.05 bits per heavy atom. The molecule has 20 heavy (non-hydrogen) atoms. The first-order valence-electron chi connectivity index (χ1n) is 6.80. The second-order valence-corrected chi connectivity index (χ2v) is 7.81. The molecule has 6 heteroatoms. The lowest BCUT2D eigenvalue weighted by molar-refractivity contribution is 0.188. The maximum atomic E-state index is 13.4. The number of halogens is 1. The fourth-order valence-electron chi connectivity index (χ4n) is 2.64. The summed E-state index contributed by atoms with van der Waals surface area (Å²) in [6.45, 7) is 4.12. The highest BCUT2D eigenvalue weighted by molar-refractivity contribution is 7.89. The molecule has 0 saturated heterocycles. The molecule has 0 heterocycles. The molecule has 1 saturated carbocycles. The number of hydrogen-bond acceptors (Lipinski definition) is 3. The smallest absolute Gasteiger partial charge is 0.240 e. The van der Waals surface area contributed by atoms with E-state index in [0.717, 1.165) is 31.7 Å². The molecule has 1 atom stereocenters. The molecule has 0 aliphatic heterocycles. The number of hydrogen-bond donors (Lipinski definition) is 2. The van der Waals surface area contributed by atoms with E-state index < -0.39 is 15.8 Å². The van der Waals surface area contributed by atoms with Crippen LogP contribution in [0.15, 0.2) is 23.1 Å². The van der Waals surface area contributed by atoms with Gasteiger partial charge in [-0.3, -0.25) is 0 Å². The van der Waals surface area contributed by atoms with E-state index in [4.69, 9.17) is 5.73 Å². The zero-order valence-corrected chi connectivity index (χ0v) is 12.6. The van der Waals surface area contributed by atoms with Gasteiger partial charge in [0.25, 0.3) is 0 Å². The molecule has 1 aliphatic carbocycles. The molecule has 1 aromatic rings. The van der Waals surface area contributed by atoms with Gasteiger partial charge in [-0.25, -0.2) is 17.5 Å². The van der Waals surface area contributed by atoms with Gasteiger partial charge < -0.3 is 5.73 Å². The van der Waals surface area contributed by atoms with Crippen molar-refractivity contribution in [2.24, 2.45) is 5.41 Å². The Hall–Kier alpha value is -1.14.